The van der Waals surface area contributed by atoms with Gasteiger partial charge in [-0.2, -0.15) is 0 Å². The lowest BCUT2D eigenvalue weighted by Gasteiger charge is -2.18. The molecule has 0 N–H and O–H groups in total. The molecule has 32 heavy (non-hydrogen) atoms. The molecular weight excluding hydrogens is 440 g/mol. The quantitative estimate of drug-likeness (QED) is 0.255. The Bertz CT molecular complexity index is 1300. The maximum Gasteiger partial charge on any atom is 0.262 e. The van der Waals surface area contributed by atoms with Gasteiger partial charge in [-0.1, -0.05) is 49.0 Å². The van der Waals surface area contributed by atoms with Gasteiger partial charge in [0.25, 0.3) is 5.56 Å². The first-order valence-corrected chi connectivity index (χ1v) is 12.3. The van der Waals surface area contributed by atoms with Crippen molar-refractivity contribution in [3.63, 3.8) is 0 Å². The molecule has 8 heteroatoms. The molecule has 2 heterocycles. The summed E-state index contributed by atoms with van der Waals surface area (Å²) < 4.78 is 1.78. The third-order valence-electron chi connectivity index (χ3n) is 5.22. The number of amides is 1. The Morgan fingerprint density at radius 3 is 2.56 bits per heavy atom. The van der Waals surface area contributed by atoms with Gasteiger partial charge in [-0.3, -0.25) is 19.1 Å². The molecule has 0 spiro atoms. The first kappa shape index (κ1) is 22.2. The van der Waals surface area contributed by atoms with Crippen molar-refractivity contribution in [1.29, 1.82) is 0 Å². The van der Waals surface area contributed by atoms with Crippen molar-refractivity contribution in [1.82, 2.24) is 14.5 Å². The van der Waals surface area contributed by atoms with Crippen molar-refractivity contribution in [3.8, 4) is 0 Å². The number of thiazole rings is 1. The summed E-state index contributed by atoms with van der Waals surface area (Å²) in [6, 6.07) is 17.0. The highest BCUT2D eigenvalue weighted by molar-refractivity contribution is 7.98. The number of fused-ring (bicyclic) bond motifs is 1. The largest absolute Gasteiger partial charge is 0.284 e. The molecule has 4 aromatic rings. The molecule has 0 fully saturated rings. The number of anilines is 2. The van der Waals surface area contributed by atoms with Crippen LogP contribution in [0.5, 0.6) is 0 Å². The Morgan fingerprint density at radius 2 is 1.84 bits per heavy atom. The van der Waals surface area contributed by atoms with Crippen molar-refractivity contribution in [2.24, 2.45) is 0 Å². The molecular formula is C24H24N4O2S2. The third kappa shape index (κ3) is 4.47. The molecule has 6 nitrogen and oxygen atoms in total. The number of hydrogen-bond acceptors (Lipinski definition) is 6. The number of carbonyl (C=O) groups is 1. The molecule has 0 saturated heterocycles. The summed E-state index contributed by atoms with van der Waals surface area (Å²) in [7, 11) is 0. The van der Waals surface area contributed by atoms with Crippen molar-refractivity contribution in [2.75, 3.05) is 4.90 Å². The lowest BCUT2D eigenvalue weighted by Crippen LogP contribution is -2.26. The molecule has 0 aliphatic heterocycles. The van der Waals surface area contributed by atoms with E-state index in [-0.39, 0.29) is 17.5 Å². The summed E-state index contributed by atoms with van der Waals surface area (Å²) in [5.41, 5.74) is 2.31. The normalized spacial score (nSPS) is 12.1. The highest BCUT2D eigenvalue weighted by atomic mass is 32.2. The van der Waals surface area contributed by atoms with Gasteiger partial charge in [0.2, 0.25) is 5.91 Å². The number of benzene rings is 2. The second-order valence-corrected chi connectivity index (χ2v) is 9.22. The van der Waals surface area contributed by atoms with E-state index >= 15 is 0 Å². The van der Waals surface area contributed by atoms with Crippen LogP contribution in [0.2, 0.25) is 0 Å². The van der Waals surface area contributed by atoms with Crippen molar-refractivity contribution in [3.05, 3.63) is 76.0 Å². The Kier molecular flexibility index (Phi) is 6.72. The number of para-hydroxylation sites is 2. The summed E-state index contributed by atoms with van der Waals surface area (Å²) in [6.45, 7) is 5.63. The zero-order chi connectivity index (χ0) is 22.7. The van der Waals surface area contributed by atoms with Gasteiger partial charge in [-0.15, -0.1) is 11.3 Å². The van der Waals surface area contributed by atoms with Gasteiger partial charge >= 0.3 is 0 Å². The van der Waals surface area contributed by atoms with Crippen molar-refractivity contribution < 1.29 is 4.79 Å². The predicted octanol–water partition coefficient (Wildman–Crippen LogP) is 5.80. The monoisotopic (exact) mass is 464 g/mol. The molecule has 1 amide bonds. The molecule has 0 bridgehead atoms. The molecule has 1 atom stereocenters. The van der Waals surface area contributed by atoms with Crippen LogP contribution in [0.1, 0.15) is 38.9 Å². The van der Waals surface area contributed by atoms with E-state index < -0.39 is 0 Å². The summed E-state index contributed by atoms with van der Waals surface area (Å²) in [6.07, 6.45) is 0.832. The zero-order valence-electron chi connectivity index (χ0n) is 18.2. The summed E-state index contributed by atoms with van der Waals surface area (Å²) in [5.74, 6) is 0.463. The van der Waals surface area contributed by atoms with E-state index in [1.165, 1.54) is 30.0 Å². The van der Waals surface area contributed by atoms with Crippen LogP contribution < -0.4 is 10.5 Å². The Morgan fingerprint density at radius 1 is 1.12 bits per heavy atom. The fourth-order valence-corrected chi connectivity index (χ4v) is 5.39. The van der Waals surface area contributed by atoms with Crippen LogP contribution in [0.4, 0.5) is 10.8 Å². The number of nitrogens with zero attached hydrogens (tertiary/aromatic N) is 4. The second kappa shape index (κ2) is 9.67. The number of hydrogen-bond donors (Lipinski definition) is 0. The molecule has 0 aliphatic rings. The van der Waals surface area contributed by atoms with Gasteiger partial charge in [-0.25, -0.2) is 9.97 Å². The van der Waals surface area contributed by atoms with Crippen molar-refractivity contribution >= 4 is 50.7 Å². The van der Waals surface area contributed by atoms with Gasteiger partial charge in [0, 0.05) is 24.1 Å². The minimum absolute atomic E-state index is 0.0155. The Hall–Kier alpha value is -2.97. The van der Waals surface area contributed by atoms with E-state index in [2.05, 4.69) is 6.92 Å². The van der Waals surface area contributed by atoms with Gasteiger partial charge in [-0.05, 0) is 37.6 Å². The molecule has 0 radical (unpaired) electrons. The molecule has 1 unspecified atom stereocenters. The van der Waals surface area contributed by atoms with Crippen LogP contribution in [0, 0.1) is 0 Å². The highest BCUT2D eigenvalue weighted by Gasteiger charge is 2.19. The van der Waals surface area contributed by atoms with Gasteiger partial charge < -0.3 is 0 Å². The lowest BCUT2D eigenvalue weighted by molar-refractivity contribution is -0.115. The molecule has 4 rings (SSSR count). The van der Waals surface area contributed by atoms with E-state index in [0.29, 0.717) is 26.9 Å². The second-order valence-electron chi connectivity index (χ2n) is 7.44. The summed E-state index contributed by atoms with van der Waals surface area (Å²) in [4.78, 5) is 36.5. The number of aromatic nitrogens is 3. The first-order chi connectivity index (χ1) is 15.5. The standard InChI is InChI=1S/C24H24N4O2S2/c1-4-16(2)27-22(30)20-12-8-9-13-21(20)26-24(27)32-15-18-14-31-23(25-18)28(17(3)29)19-10-6-5-7-11-19/h5-14,16H,4,15H2,1-3H3. The maximum atomic E-state index is 13.1. The lowest BCUT2D eigenvalue weighted by atomic mass is 10.2. The molecule has 2 aromatic heterocycles. The van der Waals surface area contributed by atoms with Gasteiger partial charge in [0.1, 0.15) is 0 Å². The van der Waals surface area contributed by atoms with E-state index in [1.807, 2.05) is 66.9 Å². The number of carbonyl (C=O) groups excluding carboxylic acids is 1. The number of thioether (sulfide) groups is 1. The fraction of sp³-hybridized carbons (Fsp3) is 0.250. The molecule has 0 aliphatic carbocycles. The minimum atomic E-state index is -0.0911. The van der Waals surface area contributed by atoms with Gasteiger partial charge in [0.05, 0.1) is 22.3 Å². The Balaban J connectivity index is 1.63. The topological polar surface area (TPSA) is 68.1 Å². The van der Waals surface area contributed by atoms with Gasteiger partial charge in [0.15, 0.2) is 10.3 Å². The van der Waals surface area contributed by atoms with Crippen LogP contribution >= 0.6 is 23.1 Å². The fourth-order valence-electron chi connectivity index (χ4n) is 3.41. The summed E-state index contributed by atoms with van der Waals surface area (Å²) in [5, 5.41) is 3.90. The van der Waals surface area contributed by atoms with Crippen LogP contribution in [0.15, 0.2) is 69.9 Å². The van der Waals surface area contributed by atoms with E-state index in [4.69, 9.17) is 9.97 Å². The van der Waals surface area contributed by atoms with E-state index in [9.17, 15) is 9.59 Å². The average Bonchev–Trinajstić information content (AvgIpc) is 3.26. The van der Waals surface area contributed by atoms with E-state index in [0.717, 1.165) is 17.8 Å². The minimum Gasteiger partial charge on any atom is -0.284 e. The SMILES string of the molecule is CCC(C)n1c(SCc2csc(N(C(C)=O)c3ccccc3)n2)nc2ccccc2c1=O. The molecule has 0 saturated carbocycles. The number of rotatable bonds is 7. The average molecular weight is 465 g/mol. The van der Waals surface area contributed by atoms with Crippen LogP contribution in [-0.2, 0) is 10.5 Å². The third-order valence-corrected chi connectivity index (χ3v) is 7.08. The summed E-state index contributed by atoms with van der Waals surface area (Å²) >= 11 is 2.92. The van der Waals surface area contributed by atoms with Crippen LogP contribution in [0.25, 0.3) is 10.9 Å². The van der Waals surface area contributed by atoms with Crippen LogP contribution in [0.3, 0.4) is 0 Å². The smallest absolute Gasteiger partial charge is 0.262 e. The Labute approximate surface area is 194 Å². The molecule has 2 aromatic carbocycles. The van der Waals surface area contributed by atoms with E-state index in [1.54, 1.807) is 9.47 Å². The first-order valence-electron chi connectivity index (χ1n) is 10.4. The zero-order valence-corrected chi connectivity index (χ0v) is 19.8. The highest BCUT2D eigenvalue weighted by Crippen LogP contribution is 2.31. The van der Waals surface area contributed by atoms with Crippen LogP contribution in [-0.4, -0.2) is 20.4 Å². The molecule has 164 valence electrons. The van der Waals surface area contributed by atoms with Crippen molar-refractivity contribution in [2.45, 2.75) is 44.1 Å². The maximum absolute atomic E-state index is 13.1. The predicted molar refractivity (Wildman–Crippen MR) is 132 cm³/mol.